The highest BCUT2D eigenvalue weighted by atomic mass is 79.9. The van der Waals surface area contributed by atoms with Crippen molar-refractivity contribution in [3.8, 4) is 5.75 Å². The number of benzene rings is 1. The van der Waals surface area contributed by atoms with Crippen LogP contribution in [0.25, 0.3) is 10.9 Å². The molecule has 0 spiro atoms. The third-order valence-electron chi connectivity index (χ3n) is 2.38. The summed E-state index contributed by atoms with van der Waals surface area (Å²) in [6, 6.07) is 2.47. The van der Waals surface area contributed by atoms with Crippen LogP contribution in [0.4, 0.5) is 0 Å². The number of aryl methyl sites for hydroxylation is 1. The van der Waals surface area contributed by atoms with Crippen molar-refractivity contribution in [2.45, 2.75) is 6.92 Å². The van der Waals surface area contributed by atoms with Gasteiger partial charge < -0.3 is 10.1 Å². The maximum absolute atomic E-state index is 11.4. The van der Waals surface area contributed by atoms with Gasteiger partial charge in [0.05, 0.1) is 15.9 Å². The van der Waals surface area contributed by atoms with Crippen LogP contribution >= 0.6 is 27.5 Å². The molecule has 1 aromatic carbocycles. The average molecular weight is 317 g/mol. The Morgan fingerprint density at radius 1 is 1.35 bits per heavy atom. The molecule has 0 fully saturated rings. The van der Waals surface area contributed by atoms with Crippen molar-refractivity contribution >= 4 is 38.4 Å². The number of rotatable bonds is 0. The zero-order valence-corrected chi connectivity index (χ0v) is 11.0. The van der Waals surface area contributed by atoms with Crippen LogP contribution in [0.5, 0.6) is 5.75 Å². The van der Waals surface area contributed by atoms with Crippen molar-refractivity contribution in [1.29, 1.82) is 0 Å². The largest absolute Gasteiger partial charge is 0.507 e. The normalized spacial score (nSPS) is 10.8. The summed E-state index contributed by atoms with van der Waals surface area (Å²) in [4.78, 5) is 25.1. The van der Waals surface area contributed by atoms with Crippen LogP contribution in [0.3, 0.4) is 0 Å². The fraction of sp³-hybridized carbons (Fsp3) is 0.0909. The van der Waals surface area contributed by atoms with Gasteiger partial charge in [0, 0.05) is 10.5 Å². The number of aromatic nitrogens is 1. The summed E-state index contributed by atoms with van der Waals surface area (Å²) in [6.07, 6.45) is 0. The summed E-state index contributed by atoms with van der Waals surface area (Å²) in [5, 5.41) is 10.5. The highest BCUT2D eigenvalue weighted by Crippen LogP contribution is 2.36. The topological polar surface area (TPSA) is 70.2 Å². The third kappa shape index (κ3) is 1.96. The SMILES string of the molecule is Cc1cc2[nH]c(=O)c(=O)cc(O)c2c(Br)c1Cl. The Hall–Kier alpha value is -1.33. The van der Waals surface area contributed by atoms with Gasteiger partial charge in [-0.15, -0.1) is 0 Å². The van der Waals surface area contributed by atoms with E-state index in [4.69, 9.17) is 11.6 Å². The Balaban J connectivity index is 3.19. The monoisotopic (exact) mass is 315 g/mol. The molecule has 0 aliphatic carbocycles. The molecule has 0 saturated carbocycles. The fourth-order valence-electron chi connectivity index (χ4n) is 1.55. The minimum absolute atomic E-state index is 0.294. The van der Waals surface area contributed by atoms with Crippen molar-refractivity contribution in [1.82, 2.24) is 4.98 Å². The van der Waals surface area contributed by atoms with Crippen LogP contribution < -0.4 is 11.0 Å². The molecule has 6 heteroatoms. The third-order valence-corrected chi connectivity index (χ3v) is 3.89. The predicted molar refractivity (Wildman–Crippen MR) is 70.0 cm³/mol. The number of aromatic hydroxyl groups is 1. The maximum atomic E-state index is 11.4. The molecule has 4 nitrogen and oxygen atoms in total. The summed E-state index contributed by atoms with van der Waals surface area (Å²) in [6.45, 7) is 1.76. The van der Waals surface area contributed by atoms with Gasteiger partial charge in [-0.05, 0) is 34.5 Å². The summed E-state index contributed by atoms with van der Waals surface area (Å²) >= 11 is 9.26. The molecule has 0 bridgehead atoms. The molecule has 2 rings (SSSR count). The van der Waals surface area contributed by atoms with E-state index in [0.29, 0.717) is 20.4 Å². The molecule has 0 unspecified atom stereocenters. The lowest BCUT2D eigenvalue weighted by molar-refractivity contribution is 0.481. The van der Waals surface area contributed by atoms with Gasteiger partial charge in [-0.2, -0.15) is 0 Å². The lowest BCUT2D eigenvalue weighted by Gasteiger charge is -2.04. The van der Waals surface area contributed by atoms with Gasteiger partial charge in [0.1, 0.15) is 5.75 Å². The Labute approximate surface area is 109 Å². The van der Waals surface area contributed by atoms with E-state index >= 15 is 0 Å². The van der Waals surface area contributed by atoms with Gasteiger partial charge in [-0.3, -0.25) is 9.59 Å². The smallest absolute Gasteiger partial charge is 0.296 e. The van der Waals surface area contributed by atoms with Gasteiger partial charge in [-0.1, -0.05) is 11.6 Å². The molecule has 0 saturated heterocycles. The van der Waals surface area contributed by atoms with Gasteiger partial charge in [0.2, 0.25) is 5.43 Å². The summed E-state index contributed by atoms with van der Waals surface area (Å²) in [5.41, 5.74) is -0.522. The van der Waals surface area contributed by atoms with Crippen molar-refractivity contribution < 1.29 is 5.11 Å². The van der Waals surface area contributed by atoms with E-state index < -0.39 is 11.0 Å². The first-order valence-corrected chi connectivity index (χ1v) is 5.84. The predicted octanol–water partition coefficient (Wildman–Crippen LogP) is 2.32. The zero-order valence-electron chi connectivity index (χ0n) is 8.67. The molecular formula is C11H7BrClNO3. The van der Waals surface area contributed by atoms with E-state index in [0.717, 1.165) is 11.6 Å². The number of hydrogen-bond acceptors (Lipinski definition) is 3. The molecule has 0 amide bonds. The lowest BCUT2D eigenvalue weighted by atomic mass is 10.1. The number of halogens is 2. The number of hydrogen-bond donors (Lipinski definition) is 2. The van der Waals surface area contributed by atoms with Gasteiger partial charge in [-0.25, -0.2) is 0 Å². The van der Waals surface area contributed by atoms with Crippen LogP contribution in [-0.4, -0.2) is 10.1 Å². The van der Waals surface area contributed by atoms with Crippen molar-refractivity contribution in [2.75, 3.05) is 0 Å². The molecule has 1 heterocycles. The van der Waals surface area contributed by atoms with E-state index in [1.807, 2.05) is 0 Å². The minimum atomic E-state index is -0.806. The Kier molecular flexibility index (Phi) is 2.97. The Morgan fingerprint density at radius 2 is 2.00 bits per heavy atom. The zero-order chi connectivity index (χ0) is 12.7. The van der Waals surface area contributed by atoms with Gasteiger partial charge in [0.25, 0.3) is 5.56 Å². The van der Waals surface area contributed by atoms with Crippen molar-refractivity contribution in [2.24, 2.45) is 0 Å². The molecule has 0 atom stereocenters. The second kappa shape index (κ2) is 4.16. The number of H-pyrrole nitrogens is 1. The quantitative estimate of drug-likeness (QED) is 0.733. The van der Waals surface area contributed by atoms with E-state index in [1.54, 1.807) is 13.0 Å². The van der Waals surface area contributed by atoms with Gasteiger partial charge >= 0.3 is 0 Å². The highest BCUT2D eigenvalue weighted by molar-refractivity contribution is 9.10. The van der Waals surface area contributed by atoms with Gasteiger partial charge in [0.15, 0.2) is 0 Å². The van der Waals surface area contributed by atoms with E-state index in [2.05, 4.69) is 20.9 Å². The molecule has 0 aliphatic heterocycles. The molecule has 2 N–H and O–H groups in total. The number of nitrogens with one attached hydrogen (secondary N) is 1. The molecule has 88 valence electrons. The first-order valence-electron chi connectivity index (χ1n) is 4.66. The molecule has 2 aromatic rings. The van der Waals surface area contributed by atoms with Crippen molar-refractivity contribution in [3.63, 3.8) is 0 Å². The summed E-state index contributed by atoms with van der Waals surface area (Å²) in [5.74, 6) is -0.294. The minimum Gasteiger partial charge on any atom is -0.507 e. The van der Waals surface area contributed by atoms with Crippen LogP contribution in [0.15, 0.2) is 26.2 Å². The summed E-state index contributed by atoms with van der Waals surface area (Å²) < 4.78 is 0.443. The molecule has 17 heavy (non-hydrogen) atoms. The molecule has 1 aromatic heterocycles. The summed E-state index contributed by atoms with van der Waals surface area (Å²) in [7, 11) is 0. The lowest BCUT2D eigenvalue weighted by Crippen LogP contribution is -2.22. The van der Waals surface area contributed by atoms with Crippen LogP contribution in [0.2, 0.25) is 5.02 Å². The first kappa shape index (κ1) is 12.1. The second-order valence-electron chi connectivity index (χ2n) is 3.59. The Morgan fingerprint density at radius 3 is 2.65 bits per heavy atom. The standard InChI is InChI=1S/C11H7BrClNO3/c1-4-2-5-8(9(12)10(4)13)6(15)3-7(16)11(17)14-5/h2-3,15H,1H3,(H,14,16,17). The molecule has 0 aliphatic rings. The van der Waals surface area contributed by atoms with Crippen LogP contribution in [-0.2, 0) is 0 Å². The fourth-order valence-corrected chi connectivity index (χ4v) is 2.43. The highest BCUT2D eigenvalue weighted by Gasteiger charge is 2.11. The number of aromatic amines is 1. The molecular weight excluding hydrogens is 309 g/mol. The van der Waals surface area contributed by atoms with Crippen molar-refractivity contribution in [3.05, 3.63) is 47.8 Å². The number of fused-ring (bicyclic) bond motifs is 1. The van der Waals surface area contributed by atoms with Crippen LogP contribution in [0.1, 0.15) is 5.56 Å². The van der Waals surface area contributed by atoms with E-state index in [9.17, 15) is 14.7 Å². The first-order chi connectivity index (χ1) is 7.91. The molecule has 0 radical (unpaired) electrons. The average Bonchev–Trinajstić information content (AvgIpc) is 2.34. The van der Waals surface area contributed by atoms with E-state index in [1.165, 1.54) is 0 Å². The Bertz CT molecular complexity index is 739. The second-order valence-corrected chi connectivity index (χ2v) is 4.76. The maximum Gasteiger partial charge on any atom is 0.296 e. The van der Waals surface area contributed by atoms with Crippen LogP contribution in [0, 0.1) is 6.92 Å². The van der Waals surface area contributed by atoms with E-state index in [-0.39, 0.29) is 5.75 Å².